The molecule has 1 amide bonds. The Hall–Kier alpha value is -1.59. The van der Waals surface area contributed by atoms with Crippen LogP contribution >= 0.6 is 11.6 Å². The zero-order valence-electron chi connectivity index (χ0n) is 11.5. The highest BCUT2D eigenvalue weighted by atomic mass is 35.5. The Labute approximate surface area is 127 Å². The molecule has 1 aromatic rings. The van der Waals surface area contributed by atoms with Crippen LogP contribution < -0.4 is 11.1 Å². The predicted molar refractivity (Wildman–Crippen MR) is 78.3 cm³/mol. The first-order valence-electron chi connectivity index (χ1n) is 6.99. The van der Waals surface area contributed by atoms with Crippen molar-refractivity contribution in [1.29, 1.82) is 0 Å². The van der Waals surface area contributed by atoms with E-state index in [4.69, 9.17) is 22.1 Å². The van der Waals surface area contributed by atoms with Crippen LogP contribution in [0.5, 0.6) is 0 Å². The van der Waals surface area contributed by atoms with Crippen LogP contribution in [0.4, 0.5) is 4.79 Å². The maximum Gasteiger partial charge on any atom is 0.405 e. The fraction of sp³-hybridized carbons (Fsp3) is 0.467. The number of carbonyl (C=O) groups excluding carboxylic acids is 2. The molecule has 1 saturated carbocycles. The standard InChI is InChI=1S/C15H17ClN2O3/c16-11-3-1-10(2-4-11)14(5-6-14)12(19)15(21-13(17)20)7-8-18-9-15/h1-4,18H,5-9H2,(H2,17,20)/t15-/m0/s1. The Morgan fingerprint density at radius 3 is 2.33 bits per heavy atom. The highest BCUT2D eigenvalue weighted by molar-refractivity contribution is 6.30. The first-order valence-corrected chi connectivity index (χ1v) is 7.36. The Morgan fingerprint density at radius 1 is 1.19 bits per heavy atom. The van der Waals surface area contributed by atoms with Gasteiger partial charge < -0.3 is 15.8 Å². The van der Waals surface area contributed by atoms with Crippen LogP contribution in [-0.2, 0) is 14.9 Å². The number of hydrogen-bond acceptors (Lipinski definition) is 4. The van der Waals surface area contributed by atoms with Crippen LogP contribution in [0, 0.1) is 0 Å². The Bertz CT molecular complexity index is 575. The monoisotopic (exact) mass is 308 g/mol. The molecule has 0 spiro atoms. The summed E-state index contributed by atoms with van der Waals surface area (Å²) in [6.45, 7) is 0.958. The van der Waals surface area contributed by atoms with Gasteiger partial charge in [0.2, 0.25) is 0 Å². The summed E-state index contributed by atoms with van der Waals surface area (Å²) < 4.78 is 5.23. The largest absolute Gasteiger partial charge is 0.434 e. The molecule has 1 atom stereocenters. The first-order chi connectivity index (χ1) is 9.98. The lowest BCUT2D eigenvalue weighted by Crippen LogP contribution is -2.51. The van der Waals surface area contributed by atoms with Crippen molar-refractivity contribution in [3.63, 3.8) is 0 Å². The molecule has 0 aromatic heterocycles. The van der Waals surface area contributed by atoms with E-state index in [1.807, 2.05) is 12.1 Å². The molecule has 1 saturated heterocycles. The van der Waals surface area contributed by atoms with Gasteiger partial charge in [0, 0.05) is 18.0 Å². The van der Waals surface area contributed by atoms with E-state index in [0.29, 0.717) is 24.5 Å². The Morgan fingerprint density at radius 2 is 1.86 bits per heavy atom. The number of ether oxygens (including phenoxy) is 1. The number of nitrogens with two attached hydrogens (primary N) is 1. The zero-order chi connectivity index (χ0) is 15.1. The molecular weight excluding hydrogens is 292 g/mol. The van der Waals surface area contributed by atoms with Gasteiger partial charge in [0.05, 0.1) is 5.41 Å². The minimum atomic E-state index is -1.14. The van der Waals surface area contributed by atoms with Gasteiger partial charge in [-0.15, -0.1) is 0 Å². The third kappa shape index (κ3) is 2.40. The van der Waals surface area contributed by atoms with E-state index < -0.39 is 17.1 Å². The first kappa shape index (κ1) is 14.4. The average Bonchev–Trinajstić information content (AvgIpc) is 3.12. The minimum Gasteiger partial charge on any atom is -0.434 e. The van der Waals surface area contributed by atoms with E-state index in [1.165, 1.54) is 0 Å². The van der Waals surface area contributed by atoms with E-state index in [-0.39, 0.29) is 5.78 Å². The molecule has 2 fully saturated rings. The molecule has 1 aliphatic heterocycles. The quantitative estimate of drug-likeness (QED) is 0.888. The maximum absolute atomic E-state index is 13.1. The van der Waals surface area contributed by atoms with Gasteiger partial charge in [-0.2, -0.15) is 0 Å². The fourth-order valence-electron chi connectivity index (χ4n) is 3.17. The van der Waals surface area contributed by atoms with Gasteiger partial charge in [-0.1, -0.05) is 23.7 Å². The molecule has 3 N–H and O–H groups in total. The lowest BCUT2D eigenvalue weighted by molar-refractivity contribution is -0.138. The van der Waals surface area contributed by atoms with Crippen molar-refractivity contribution < 1.29 is 14.3 Å². The topological polar surface area (TPSA) is 81.4 Å². The van der Waals surface area contributed by atoms with Gasteiger partial charge in [-0.3, -0.25) is 4.79 Å². The van der Waals surface area contributed by atoms with Gasteiger partial charge in [-0.25, -0.2) is 4.79 Å². The van der Waals surface area contributed by atoms with Crippen molar-refractivity contribution >= 4 is 23.5 Å². The molecule has 0 unspecified atom stereocenters. The lowest BCUT2D eigenvalue weighted by atomic mass is 9.81. The molecule has 6 heteroatoms. The van der Waals surface area contributed by atoms with Gasteiger partial charge in [0.15, 0.2) is 11.4 Å². The molecule has 5 nitrogen and oxygen atoms in total. The molecule has 1 aliphatic carbocycles. The summed E-state index contributed by atoms with van der Waals surface area (Å²) in [6.07, 6.45) is 1.08. The summed E-state index contributed by atoms with van der Waals surface area (Å²) in [5, 5.41) is 3.72. The number of primary amides is 1. The van der Waals surface area contributed by atoms with Crippen molar-refractivity contribution in [3.05, 3.63) is 34.9 Å². The number of nitrogens with one attached hydrogen (secondary N) is 1. The van der Waals surface area contributed by atoms with Crippen LogP contribution in [0.25, 0.3) is 0 Å². The Kier molecular flexibility index (Phi) is 3.42. The van der Waals surface area contributed by atoms with E-state index in [2.05, 4.69) is 5.32 Å². The van der Waals surface area contributed by atoms with Crippen LogP contribution in [0.3, 0.4) is 0 Å². The van der Waals surface area contributed by atoms with Crippen molar-refractivity contribution in [2.75, 3.05) is 13.1 Å². The van der Waals surface area contributed by atoms with Crippen molar-refractivity contribution in [3.8, 4) is 0 Å². The second-order valence-corrected chi connectivity index (χ2v) is 6.20. The number of rotatable bonds is 4. The maximum atomic E-state index is 13.1. The van der Waals surface area contributed by atoms with E-state index in [9.17, 15) is 9.59 Å². The average molecular weight is 309 g/mol. The van der Waals surface area contributed by atoms with E-state index >= 15 is 0 Å². The summed E-state index contributed by atoms with van der Waals surface area (Å²) in [5.41, 5.74) is 4.39. The van der Waals surface area contributed by atoms with Crippen LogP contribution in [-0.4, -0.2) is 30.6 Å². The summed E-state index contributed by atoms with van der Waals surface area (Å²) >= 11 is 5.90. The fourth-order valence-corrected chi connectivity index (χ4v) is 3.29. The highest BCUT2D eigenvalue weighted by Gasteiger charge is 2.60. The highest BCUT2D eigenvalue weighted by Crippen LogP contribution is 2.52. The third-order valence-electron chi connectivity index (χ3n) is 4.41. The molecule has 21 heavy (non-hydrogen) atoms. The van der Waals surface area contributed by atoms with Gasteiger partial charge in [0.1, 0.15) is 0 Å². The lowest BCUT2D eigenvalue weighted by Gasteiger charge is -2.30. The van der Waals surface area contributed by atoms with E-state index in [1.54, 1.807) is 12.1 Å². The molecular formula is C15H17ClN2O3. The molecule has 0 bridgehead atoms. The van der Waals surface area contributed by atoms with Crippen LogP contribution in [0.1, 0.15) is 24.8 Å². The number of benzene rings is 1. The van der Waals surface area contributed by atoms with Crippen molar-refractivity contribution in [1.82, 2.24) is 5.32 Å². The van der Waals surface area contributed by atoms with E-state index in [0.717, 1.165) is 18.4 Å². The summed E-state index contributed by atoms with van der Waals surface area (Å²) in [7, 11) is 0. The zero-order valence-corrected chi connectivity index (χ0v) is 12.3. The number of hydrogen-bond donors (Lipinski definition) is 2. The smallest absolute Gasteiger partial charge is 0.405 e. The molecule has 1 heterocycles. The molecule has 112 valence electrons. The van der Waals surface area contributed by atoms with Crippen molar-refractivity contribution in [2.24, 2.45) is 5.73 Å². The molecule has 1 aromatic carbocycles. The van der Waals surface area contributed by atoms with Gasteiger partial charge in [0.25, 0.3) is 0 Å². The second kappa shape index (κ2) is 5.00. The van der Waals surface area contributed by atoms with Crippen molar-refractivity contribution in [2.45, 2.75) is 30.3 Å². The SMILES string of the molecule is NC(=O)O[C@@]1(C(=O)C2(c3ccc(Cl)cc3)CC2)CCNC1. The molecule has 3 rings (SSSR count). The minimum absolute atomic E-state index is 0.0545. The van der Waals surface area contributed by atoms with Gasteiger partial charge >= 0.3 is 6.09 Å². The number of halogens is 1. The Balaban J connectivity index is 1.92. The number of Topliss-reactive ketones (excluding diaryl/α,β-unsaturated/α-hetero) is 1. The number of amides is 1. The molecule has 2 aliphatic rings. The summed E-state index contributed by atoms with van der Waals surface area (Å²) in [6, 6.07) is 7.29. The number of ketones is 1. The van der Waals surface area contributed by atoms with Crippen LogP contribution in [0.15, 0.2) is 24.3 Å². The third-order valence-corrected chi connectivity index (χ3v) is 4.66. The van der Waals surface area contributed by atoms with Gasteiger partial charge in [-0.05, 0) is 37.1 Å². The molecule has 0 radical (unpaired) electrons. The number of carbonyl (C=O) groups is 2. The summed E-state index contributed by atoms with van der Waals surface area (Å²) in [4.78, 5) is 24.3. The normalized spacial score (nSPS) is 26.3. The van der Waals surface area contributed by atoms with Crippen LogP contribution in [0.2, 0.25) is 5.02 Å². The summed E-state index contributed by atoms with van der Waals surface area (Å²) in [5.74, 6) is -0.0545. The predicted octanol–water partition coefficient (Wildman–Crippen LogP) is 1.77. The second-order valence-electron chi connectivity index (χ2n) is 5.76.